The monoisotopic (exact) mass is 292 g/mol. The van der Waals surface area contributed by atoms with Crippen LogP contribution in [0.3, 0.4) is 0 Å². The minimum atomic E-state index is 1.05. The normalized spacial score (nSPS) is 11.5. The SMILES string of the molecule is Cc1ccc2c(c1)cc(-c1ccccc1)n2CCCN(C)C. The lowest BCUT2D eigenvalue weighted by molar-refractivity contribution is 0.388. The third-order valence-corrected chi connectivity index (χ3v) is 4.11. The molecule has 22 heavy (non-hydrogen) atoms. The fourth-order valence-corrected chi connectivity index (χ4v) is 3.02. The molecule has 0 fully saturated rings. The van der Waals surface area contributed by atoms with Gasteiger partial charge in [0.25, 0.3) is 0 Å². The van der Waals surface area contributed by atoms with Gasteiger partial charge in [0.15, 0.2) is 0 Å². The van der Waals surface area contributed by atoms with Gasteiger partial charge in [0.05, 0.1) is 0 Å². The van der Waals surface area contributed by atoms with Gasteiger partial charge in [-0.05, 0) is 57.7 Å². The molecule has 0 aliphatic rings. The Morgan fingerprint density at radius 1 is 0.955 bits per heavy atom. The fraction of sp³-hybridized carbons (Fsp3) is 0.300. The van der Waals surface area contributed by atoms with Gasteiger partial charge >= 0.3 is 0 Å². The Balaban J connectivity index is 2.05. The van der Waals surface area contributed by atoms with Crippen LogP contribution in [0, 0.1) is 6.92 Å². The number of hydrogen-bond donors (Lipinski definition) is 0. The Kier molecular flexibility index (Phi) is 4.30. The maximum atomic E-state index is 2.47. The summed E-state index contributed by atoms with van der Waals surface area (Å²) in [5.74, 6) is 0. The van der Waals surface area contributed by atoms with E-state index < -0.39 is 0 Å². The van der Waals surface area contributed by atoms with E-state index in [9.17, 15) is 0 Å². The van der Waals surface area contributed by atoms with Crippen LogP contribution < -0.4 is 0 Å². The van der Waals surface area contributed by atoms with Crippen LogP contribution in [-0.4, -0.2) is 30.1 Å². The van der Waals surface area contributed by atoms with Crippen molar-refractivity contribution in [2.75, 3.05) is 20.6 Å². The molecule has 1 heterocycles. The summed E-state index contributed by atoms with van der Waals surface area (Å²) < 4.78 is 2.47. The van der Waals surface area contributed by atoms with Crippen molar-refractivity contribution < 1.29 is 0 Å². The number of aromatic nitrogens is 1. The van der Waals surface area contributed by atoms with Crippen molar-refractivity contribution in [3.05, 3.63) is 60.2 Å². The summed E-state index contributed by atoms with van der Waals surface area (Å²) in [6, 6.07) is 19.8. The number of fused-ring (bicyclic) bond motifs is 1. The molecule has 0 unspecified atom stereocenters. The zero-order valence-electron chi connectivity index (χ0n) is 13.7. The van der Waals surface area contributed by atoms with Gasteiger partial charge in [-0.3, -0.25) is 0 Å². The zero-order chi connectivity index (χ0) is 15.5. The molecule has 0 atom stereocenters. The third-order valence-electron chi connectivity index (χ3n) is 4.11. The van der Waals surface area contributed by atoms with Crippen LogP contribution in [0.4, 0.5) is 0 Å². The average Bonchev–Trinajstić information content (AvgIpc) is 2.86. The predicted molar refractivity (Wildman–Crippen MR) is 95.3 cm³/mol. The molecule has 0 amide bonds. The quantitative estimate of drug-likeness (QED) is 0.669. The Bertz CT molecular complexity index is 754. The van der Waals surface area contributed by atoms with Crippen LogP contribution in [0.15, 0.2) is 54.6 Å². The molecule has 0 saturated carbocycles. The van der Waals surface area contributed by atoms with E-state index in [1.54, 1.807) is 0 Å². The zero-order valence-corrected chi connectivity index (χ0v) is 13.7. The molecule has 0 aliphatic carbocycles. The molecule has 0 N–H and O–H groups in total. The highest BCUT2D eigenvalue weighted by Crippen LogP contribution is 2.29. The van der Waals surface area contributed by atoms with Gasteiger partial charge in [0.2, 0.25) is 0 Å². The van der Waals surface area contributed by atoms with Gasteiger partial charge in [-0.1, -0.05) is 42.0 Å². The largest absolute Gasteiger partial charge is 0.340 e. The van der Waals surface area contributed by atoms with Crippen LogP contribution in [0.2, 0.25) is 0 Å². The van der Waals surface area contributed by atoms with Crippen molar-refractivity contribution in [3.8, 4) is 11.3 Å². The van der Waals surface area contributed by atoms with Gasteiger partial charge in [0, 0.05) is 23.1 Å². The molecule has 3 aromatic rings. The molecular formula is C20H24N2. The number of rotatable bonds is 5. The summed E-state index contributed by atoms with van der Waals surface area (Å²) in [5.41, 5.74) is 5.27. The van der Waals surface area contributed by atoms with E-state index >= 15 is 0 Å². The van der Waals surface area contributed by atoms with E-state index in [0.29, 0.717) is 0 Å². The van der Waals surface area contributed by atoms with Crippen LogP contribution in [0.1, 0.15) is 12.0 Å². The highest BCUT2D eigenvalue weighted by Gasteiger charge is 2.10. The van der Waals surface area contributed by atoms with Crippen LogP contribution >= 0.6 is 0 Å². The van der Waals surface area contributed by atoms with Crippen molar-refractivity contribution in [2.45, 2.75) is 19.9 Å². The molecule has 0 spiro atoms. The van der Waals surface area contributed by atoms with Gasteiger partial charge in [-0.15, -0.1) is 0 Å². The van der Waals surface area contributed by atoms with Crippen molar-refractivity contribution in [3.63, 3.8) is 0 Å². The van der Waals surface area contributed by atoms with E-state index in [-0.39, 0.29) is 0 Å². The second kappa shape index (κ2) is 6.37. The average molecular weight is 292 g/mol. The van der Waals surface area contributed by atoms with Crippen molar-refractivity contribution in [1.82, 2.24) is 9.47 Å². The van der Waals surface area contributed by atoms with Crippen LogP contribution in [0.25, 0.3) is 22.2 Å². The molecule has 0 radical (unpaired) electrons. The summed E-state index contributed by atoms with van der Waals surface area (Å²) in [5, 5.41) is 1.34. The first-order valence-corrected chi connectivity index (χ1v) is 7.95. The lowest BCUT2D eigenvalue weighted by atomic mass is 10.1. The number of nitrogens with zero attached hydrogens (tertiary/aromatic N) is 2. The molecule has 1 aromatic heterocycles. The van der Waals surface area contributed by atoms with Gasteiger partial charge in [-0.25, -0.2) is 0 Å². The number of aryl methyl sites for hydroxylation is 2. The molecular weight excluding hydrogens is 268 g/mol. The van der Waals surface area contributed by atoms with E-state index in [1.165, 1.54) is 27.7 Å². The molecule has 0 saturated heterocycles. The fourth-order valence-electron chi connectivity index (χ4n) is 3.02. The number of hydrogen-bond acceptors (Lipinski definition) is 1. The lowest BCUT2D eigenvalue weighted by Gasteiger charge is -2.14. The summed E-state index contributed by atoms with van der Waals surface area (Å²) in [7, 11) is 4.27. The van der Waals surface area contributed by atoms with E-state index in [4.69, 9.17) is 0 Å². The second-order valence-corrected chi connectivity index (χ2v) is 6.27. The molecule has 0 bridgehead atoms. The summed E-state index contributed by atoms with van der Waals surface area (Å²) in [6.45, 7) is 4.32. The molecule has 0 aliphatic heterocycles. The molecule has 3 rings (SSSR count). The third kappa shape index (κ3) is 3.07. The molecule has 2 aromatic carbocycles. The van der Waals surface area contributed by atoms with Crippen LogP contribution in [-0.2, 0) is 6.54 Å². The molecule has 2 nitrogen and oxygen atoms in total. The standard InChI is InChI=1S/C20H24N2/c1-16-10-11-19-18(14-16)15-20(17-8-5-4-6-9-17)22(19)13-7-12-21(2)3/h4-6,8-11,14-15H,7,12-13H2,1-3H3. The van der Waals surface area contributed by atoms with E-state index in [2.05, 4.69) is 85.1 Å². The van der Waals surface area contributed by atoms with Gasteiger partial charge in [-0.2, -0.15) is 0 Å². The smallest absolute Gasteiger partial charge is 0.0491 e. The highest BCUT2D eigenvalue weighted by molar-refractivity contribution is 5.87. The summed E-state index contributed by atoms with van der Waals surface area (Å²) in [6.07, 6.45) is 1.16. The Hall–Kier alpha value is -2.06. The van der Waals surface area contributed by atoms with Crippen molar-refractivity contribution in [2.24, 2.45) is 0 Å². The van der Waals surface area contributed by atoms with Crippen molar-refractivity contribution >= 4 is 10.9 Å². The minimum absolute atomic E-state index is 1.05. The van der Waals surface area contributed by atoms with Crippen LogP contribution in [0.5, 0.6) is 0 Å². The highest BCUT2D eigenvalue weighted by atomic mass is 15.1. The van der Waals surface area contributed by atoms with E-state index in [0.717, 1.165) is 19.5 Å². The first kappa shape index (κ1) is 14.9. The maximum absolute atomic E-state index is 2.47. The Morgan fingerprint density at radius 3 is 2.45 bits per heavy atom. The maximum Gasteiger partial charge on any atom is 0.0491 e. The first-order chi connectivity index (χ1) is 10.6. The van der Waals surface area contributed by atoms with E-state index in [1.807, 2.05) is 0 Å². The Morgan fingerprint density at radius 2 is 1.73 bits per heavy atom. The molecule has 2 heteroatoms. The first-order valence-electron chi connectivity index (χ1n) is 7.95. The Labute approximate surface area is 133 Å². The summed E-state index contributed by atoms with van der Waals surface area (Å²) >= 11 is 0. The number of benzene rings is 2. The van der Waals surface area contributed by atoms with Gasteiger partial charge in [0.1, 0.15) is 0 Å². The molecule has 114 valence electrons. The second-order valence-electron chi connectivity index (χ2n) is 6.27. The lowest BCUT2D eigenvalue weighted by Crippen LogP contribution is -2.15. The van der Waals surface area contributed by atoms with Gasteiger partial charge < -0.3 is 9.47 Å². The predicted octanol–water partition coefficient (Wildman–Crippen LogP) is 4.57. The van der Waals surface area contributed by atoms with Crippen molar-refractivity contribution in [1.29, 1.82) is 0 Å². The summed E-state index contributed by atoms with van der Waals surface area (Å²) in [4.78, 5) is 2.25. The minimum Gasteiger partial charge on any atom is -0.340 e. The topological polar surface area (TPSA) is 8.17 Å².